The van der Waals surface area contributed by atoms with E-state index in [0.29, 0.717) is 24.6 Å². The van der Waals surface area contributed by atoms with Crippen LogP contribution in [-0.4, -0.2) is 43.7 Å². The molecule has 0 radical (unpaired) electrons. The minimum absolute atomic E-state index is 0.173. The van der Waals surface area contributed by atoms with E-state index in [2.05, 4.69) is 15.5 Å². The van der Waals surface area contributed by atoms with Crippen molar-refractivity contribution < 1.29 is 9.53 Å². The monoisotopic (exact) mass is 305 g/mol. The van der Waals surface area contributed by atoms with Crippen molar-refractivity contribution in [2.24, 2.45) is 0 Å². The molecule has 2 N–H and O–H groups in total. The van der Waals surface area contributed by atoms with Gasteiger partial charge < -0.3 is 20.3 Å². The first-order chi connectivity index (χ1) is 10.8. The lowest BCUT2D eigenvalue weighted by Gasteiger charge is -2.14. The van der Waals surface area contributed by atoms with Crippen molar-refractivity contribution in [3.8, 4) is 5.75 Å². The molecule has 0 aromatic heterocycles. The van der Waals surface area contributed by atoms with E-state index in [0.717, 1.165) is 19.4 Å². The summed E-state index contributed by atoms with van der Waals surface area (Å²) in [6.07, 6.45) is 4.81. The molecule has 1 aliphatic rings. The maximum absolute atomic E-state index is 11.9. The number of carbonyl (C=O) groups excluding carboxylic acids is 1. The molecule has 1 aromatic rings. The zero-order valence-electron chi connectivity index (χ0n) is 13.4. The summed E-state index contributed by atoms with van der Waals surface area (Å²) in [5.41, 5.74) is 0.707. The Morgan fingerprint density at radius 2 is 2.00 bits per heavy atom. The molecule has 1 heterocycles. The first kappa shape index (κ1) is 16.6. The van der Waals surface area contributed by atoms with Crippen LogP contribution in [0, 0.1) is 0 Å². The van der Waals surface area contributed by atoms with Gasteiger partial charge in [0.25, 0.3) is 0 Å². The standard InChI is InChI=1S/C17H27N3O2/c1-2-22-16-10-4-3-9-15(16)19-17(21)18-11-5-6-12-20-13-7-8-14-20/h3-4,9-10H,2,5-8,11-14H2,1H3,(H2,18,19,21). The third-order valence-corrected chi connectivity index (χ3v) is 3.82. The summed E-state index contributed by atoms with van der Waals surface area (Å²) < 4.78 is 5.49. The number of amides is 2. The maximum atomic E-state index is 11.9. The summed E-state index contributed by atoms with van der Waals surface area (Å²) >= 11 is 0. The van der Waals surface area contributed by atoms with E-state index in [1.807, 2.05) is 31.2 Å². The zero-order valence-corrected chi connectivity index (χ0v) is 13.4. The van der Waals surface area contributed by atoms with Crippen molar-refractivity contribution in [1.82, 2.24) is 10.2 Å². The fourth-order valence-corrected chi connectivity index (χ4v) is 2.69. The predicted octanol–water partition coefficient (Wildman–Crippen LogP) is 3.08. The molecular formula is C17H27N3O2. The molecule has 5 heteroatoms. The molecule has 1 aromatic carbocycles. The van der Waals surface area contributed by atoms with Crippen LogP contribution in [0.4, 0.5) is 10.5 Å². The lowest BCUT2D eigenvalue weighted by molar-refractivity contribution is 0.251. The number of benzene rings is 1. The highest BCUT2D eigenvalue weighted by Crippen LogP contribution is 2.23. The molecule has 122 valence electrons. The minimum atomic E-state index is -0.173. The molecule has 1 fully saturated rings. The van der Waals surface area contributed by atoms with E-state index in [9.17, 15) is 4.79 Å². The lowest BCUT2D eigenvalue weighted by Crippen LogP contribution is -2.30. The van der Waals surface area contributed by atoms with Gasteiger partial charge in [0.1, 0.15) is 5.75 Å². The van der Waals surface area contributed by atoms with Gasteiger partial charge in [0.15, 0.2) is 0 Å². The molecule has 0 spiro atoms. The Labute approximate surface area is 133 Å². The molecule has 22 heavy (non-hydrogen) atoms. The minimum Gasteiger partial charge on any atom is -0.492 e. The molecule has 2 amide bonds. The van der Waals surface area contributed by atoms with Crippen LogP contribution in [-0.2, 0) is 0 Å². The van der Waals surface area contributed by atoms with Gasteiger partial charge in [-0.1, -0.05) is 12.1 Å². The number of unbranched alkanes of at least 4 members (excludes halogenated alkanes) is 1. The van der Waals surface area contributed by atoms with Gasteiger partial charge in [-0.05, 0) is 64.4 Å². The number of nitrogens with zero attached hydrogens (tertiary/aromatic N) is 1. The number of para-hydroxylation sites is 2. The number of ether oxygens (including phenoxy) is 1. The Balaban J connectivity index is 1.63. The van der Waals surface area contributed by atoms with Crippen LogP contribution in [0.2, 0.25) is 0 Å². The number of anilines is 1. The summed E-state index contributed by atoms with van der Waals surface area (Å²) in [4.78, 5) is 14.4. The molecule has 1 saturated heterocycles. The van der Waals surface area contributed by atoms with Crippen LogP contribution in [0.3, 0.4) is 0 Å². The van der Waals surface area contributed by atoms with Gasteiger partial charge in [0.2, 0.25) is 0 Å². The topological polar surface area (TPSA) is 53.6 Å². The van der Waals surface area contributed by atoms with Crippen molar-refractivity contribution >= 4 is 11.7 Å². The third kappa shape index (κ3) is 5.56. The maximum Gasteiger partial charge on any atom is 0.319 e. The normalized spacial score (nSPS) is 14.8. The smallest absolute Gasteiger partial charge is 0.319 e. The molecular weight excluding hydrogens is 278 g/mol. The summed E-state index contributed by atoms with van der Waals surface area (Å²) in [7, 11) is 0. The molecule has 0 saturated carbocycles. The number of hydrogen-bond donors (Lipinski definition) is 2. The second-order valence-electron chi connectivity index (χ2n) is 5.57. The lowest BCUT2D eigenvalue weighted by atomic mass is 10.3. The first-order valence-corrected chi connectivity index (χ1v) is 8.28. The molecule has 0 aliphatic carbocycles. The average molecular weight is 305 g/mol. The Kier molecular flexibility index (Phi) is 7.03. The fourth-order valence-electron chi connectivity index (χ4n) is 2.69. The number of urea groups is 1. The zero-order chi connectivity index (χ0) is 15.6. The molecule has 1 aliphatic heterocycles. The van der Waals surface area contributed by atoms with Gasteiger partial charge in [-0.3, -0.25) is 0 Å². The van der Waals surface area contributed by atoms with Gasteiger partial charge in [-0.2, -0.15) is 0 Å². The molecule has 0 unspecified atom stereocenters. The van der Waals surface area contributed by atoms with E-state index >= 15 is 0 Å². The molecule has 2 rings (SSSR count). The van der Waals surface area contributed by atoms with Crippen molar-refractivity contribution in [3.63, 3.8) is 0 Å². The van der Waals surface area contributed by atoms with Crippen LogP contribution >= 0.6 is 0 Å². The predicted molar refractivity (Wildman–Crippen MR) is 89.5 cm³/mol. The SMILES string of the molecule is CCOc1ccccc1NC(=O)NCCCCN1CCCC1. The second kappa shape index (κ2) is 9.30. The Hall–Kier alpha value is -1.75. The highest BCUT2D eigenvalue weighted by atomic mass is 16.5. The average Bonchev–Trinajstić information content (AvgIpc) is 3.02. The summed E-state index contributed by atoms with van der Waals surface area (Å²) in [5, 5.41) is 5.74. The van der Waals surface area contributed by atoms with E-state index in [-0.39, 0.29) is 6.03 Å². The summed E-state index contributed by atoms with van der Waals surface area (Å²) in [6.45, 7) is 6.84. The van der Waals surface area contributed by atoms with Crippen molar-refractivity contribution in [2.75, 3.05) is 38.1 Å². The molecule has 0 bridgehead atoms. The second-order valence-corrected chi connectivity index (χ2v) is 5.57. The quantitative estimate of drug-likeness (QED) is 0.726. The van der Waals surface area contributed by atoms with Crippen molar-refractivity contribution in [2.45, 2.75) is 32.6 Å². The largest absolute Gasteiger partial charge is 0.492 e. The van der Waals surface area contributed by atoms with Crippen molar-refractivity contribution in [3.05, 3.63) is 24.3 Å². The number of likely N-dealkylation sites (tertiary alicyclic amines) is 1. The number of hydrogen-bond acceptors (Lipinski definition) is 3. The molecule has 0 atom stereocenters. The van der Waals surface area contributed by atoms with E-state index in [4.69, 9.17) is 4.74 Å². The number of nitrogens with one attached hydrogen (secondary N) is 2. The summed E-state index contributed by atoms with van der Waals surface area (Å²) in [5.74, 6) is 0.703. The van der Waals surface area contributed by atoms with Crippen LogP contribution in [0.25, 0.3) is 0 Å². The number of rotatable bonds is 8. The van der Waals surface area contributed by atoms with Gasteiger partial charge in [0, 0.05) is 6.54 Å². The van der Waals surface area contributed by atoms with Crippen LogP contribution in [0.1, 0.15) is 32.6 Å². The van der Waals surface area contributed by atoms with Crippen LogP contribution in [0.5, 0.6) is 5.75 Å². The van der Waals surface area contributed by atoms with Crippen LogP contribution < -0.4 is 15.4 Å². The third-order valence-electron chi connectivity index (χ3n) is 3.82. The molecule has 5 nitrogen and oxygen atoms in total. The Bertz CT molecular complexity index is 459. The van der Waals surface area contributed by atoms with Crippen LogP contribution in [0.15, 0.2) is 24.3 Å². The van der Waals surface area contributed by atoms with Gasteiger partial charge in [-0.15, -0.1) is 0 Å². The van der Waals surface area contributed by atoms with E-state index in [1.54, 1.807) is 0 Å². The Morgan fingerprint density at radius 1 is 1.23 bits per heavy atom. The van der Waals surface area contributed by atoms with Crippen molar-refractivity contribution in [1.29, 1.82) is 0 Å². The fraction of sp³-hybridized carbons (Fsp3) is 0.588. The highest BCUT2D eigenvalue weighted by Gasteiger charge is 2.10. The first-order valence-electron chi connectivity index (χ1n) is 8.28. The Morgan fingerprint density at radius 3 is 2.77 bits per heavy atom. The highest BCUT2D eigenvalue weighted by molar-refractivity contribution is 5.90. The van der Waals surface area contributed by atoms with Gasteiger partial charge in [0.05, 0.1) is 12.3 Å². The van der Waals surface area contributed by atoms with E-state index in [1.165, 1.54) is 25.9 Å². The van der Waals surface area contributed by atoms with E-state index < -0.39 is 0 Å². The van der Waals surface area contributed by atoms with Gasteiger partial charge >= 0.3 is 6.03 Å². The summed E-state index contributed by atoms with van der Waals surface area (Å²) in [6, 6.07) is 7.31. The van der Waals surface area contributed by atoms with Gasteiger partial charge in [-0.25, -0.2) is 4.79 Å². The number of carbonyl (C=O) groups is 1.